The van der Waals surface area contributed by atoms with E-state index in [2.05, 4.69) is 30.0 Å². The molecule has 4 rings (SSSR count). The van der Waals surface area contributed by atoms with Gasteiger partial charge in [0, 0.05) is 25.7 Å². The second-order valence-corrected chi connectivity index (χ2v) is 5.65. The van der Waals surface area contributed by atoms with Crippen LogP contribution in [-0.2, 0) is 0 Å². The number of nitrogens with zero attached hydrogens (tertiary/aromatic N) is 4. The summed E-state index contributed by atoms with van der Waals surface area (Å²) in [5, 5.41) is 7.18. The normalized spacial score (nSPS) is 24.0. The maximum absolute atomic E-state index is 12.0. The summed E-state index contributed by atoms with van der Waals surface area (Å²) in [7, 11) is 0. The first kappa shape index (κ1) is 11.9. The number of piperazine rings is 1. The first-order valence-corrected chi connectivity index (χ1v) is 7.24. The fourth-order valence-corrected chi connectivity index (χ4v) is 3.33. The van der Waals surface area contributed by atoms with Crippen LogP contribution >= 0.6 is 0 Å². The molecule has 0 spiro atoms. The fraction of sp³-hybridized carbons (Fsp3) is 0.615. The monoisotopic (exact) mass is 274 g/mol. The van der Waals surface area contributed by atoms with E-state index in [-0.39, 0.29) is 5.56 Å². The van der Waals surface area contributed by atoms with Crippen molar-refractivity contribution in [2.75, 3.05) is 31.1 Å². The number of aromatic nitrogens is 4. The van der Waals surface area contributed by atoms with E-state index in [0.717, 1.165) is 19.6 Å². The number of H-pyrrole nitrogens is 2. The van der Waals surface area contributed by atoms with Crippen LogP contribution in [-0.4, -0.2) is 57.3 Å². The van der Waals surface area contributed by atoms with E-state index < -0.39 is 0 Å². The lowest BCUT2D eigenvalue weighted by Crippen LogP contribution is -2.55. The van der Waals surface area contributed by atoms with E-state index in [4.69, 9.17) is 0 Å². The van der Waals surface area contributed by atoms with Crippen LogP contribution in [0.15, 0.2) is 11.0 Å². The van der Waals surface area contributed by atoms with Crippen LogP contribution in [0.25, 0.3) is 11.0 Å². The molecule has 106 valence electrons. The van der Waals surface area contributed by atoms with Gasteiger partial charge in [-0.05, 0) is 19.4 Å². The Morgan fingerprint density at radius 3 is 3.15 bits per heavy atom. The number of fused-ring (bicyclic) bond motifs is 2. The molecule has 2 aromatic rings. The zero-order valence-electron chi connectivity index (χ0n) is 11.3. The molecule has 0 bridgehead atoms. The third-order valence-corrected chi connectivity index (χ3v) is 4.44. The van der Waals surface area contributed by atoms with Gasteiger partial charge in [0.15, 0.2) is 5.65 Å². The molecule has 20 heavy (non-hydrogen) atoms. The highest BCUT2D eigenvalue weighted by atomic mass is 16.1. The molecule has 2 fully saturated rings. The molecule has 0 aliphatic carbocycles. The average Bonchev–Trinajstić information content (AvgIpc) is 2.96. The van der Waals surface area contributed by atoms with Crippen LogP contribution in [0.2, 0.25) is 0 Å². The van der Waals surface area contributed by atoms with Gasteiger partial charge in [-0.3, -0.25) is 19.8 Å². The molecule has 2 N–H and O–H groups in total. The highest BCUT2D eigenvalue weighted by Crippen LogP contribution is 2.23. The van der Waals surface area contributed by atoms with E-state index in [0.29, 0.717) is 23.0 Å². The maximum Gasteiger partial charge on any atom is 0.263 e. The van der Waals surface area contributed by atoms with Crippen molar-refractivity contribution in [3.05, 3.63) is 16.6 Å². The number of rotatable bonds is 1. The van der Waals surface area contributed by atoms with Crippen LogP contribution in [0, 0.1) is 0 Å². The van der Waals surface area contributed by atoms with Gasteiger partial charge in [-0.15, -0.1) is 0 Å². The second-order valence-electron chi connectivity index (χ2n) is 5.65. The molecule has 0 aromatic carbocycles. The largest absolute Gasteiger partial charge is 0.339 e. The zero-order valence-corrected chi connectivity index (χ0v) is 11.3. The minimum absolute atomic E-state index is 0.121. The van der Waals surface area contributed by atoms with Crippen molar-refractivity contribution in [3.63, 3.8) is 0 Å². The zero-order chi connectivity index (χ0) is 13.5. The summed E-state index contributed by atoms with van der Waals surface area (Å²) in [6.45, 7) is 4.12. The molecule has 7 nitrogen and oxygen atoms in total. The van der Waals surface area contributed by atoms with Crippen LogP contribution in [0.5, 0.6) is 0 Å². The van der Waals surface area contributed by atoms with Gasteiger partial charge < -0.3 is 4.90 Å². The Labute approximate surface area is 116 Å². The topological polar surface area (TPSA) is 80.9 Å². The molecule has 0 radical (unpaired) electrons. The van der Waals surface area contributed by atoms with Crippen LogP contribution in [0.1, 0.15) is 19.3 Å². The Hall–Kier alpha value is -1.89. The molecule has 2 aliphatic heterocycles. The van der Waals surface area contributed by atoms with Gasteiger partial charge in [0.25, 0.3) is 5.56 Å². The smallest absolute Gasteiger partial charge is 0.263 e. The quantitative estimate of drug-likeness (QED) is 0.783. The van der Waals surface area contributed by atoms with Gasteiger partial charge in [-0.2, -0.15) is 10.1 Å². The Bertz CT molecular complexity index is 677. The molecule has 2 aromatic heterocycles. The van der Waals surface area contributed by atoms with Crippen molar-refractivity contribution in [3.8, 4) is 0 Å². The van der Waals surface area contributed by atoms with Crippen LogP contribution < -0.4 is 10.5 Å². The van der Waals surface area contributed by atoms with Crippen molar-refractivity contribution < 1.29 is 0 Å². The molecular weight excluding hydrogens is 256 g/mol. The van der Waals surface area contributed by atoms with Gasteiger partial charge in [0.2, 0.25) is 5.95 Å². The van der Waals surface area contributed by atoms with Gasteiger partial charge >= 0.3 is 0 Å². The number of anilines is 1. The third-order valence-electron chi connectivity index (χ3n) is 4.44. The summed E-state index contributed by atoms with van der Waals surface area (Å²) >= 11 is 0. The first-order chi connectivity index (χ1) is 9.81. The first-order valence-electron chi connectivity index (χ1n) is 7.24. The molecular formula is C13H18N6O. The molecule has 1 atom stereocenters. The number of piperidine rings is 1. The van der Waals surface area contributed by atoms with Crippen LogP contribution in [0.4, 0.5) is 5.95 Å². The minimum atomic E-state index is -0.121. The summed E-state index contributed by atoms with van der Waals surface area (Å²) < 4.78 is 0. The second kappa shape index (κ2) is 4.59. The Morgan fingerprint density at radius 1 is 1.25 bits per heavy atom. The van der Waals surface area contributed by atoms with E-state index in [1.54, 1.807) is 0 Å². The predicted octanol–water partition coefficient (Wildman–Crippen LogP) is 0.321. The lowest BCUT2D eigenvalue weighted by Gasteiger charge is -2.44. The maximum atomic E-state index is 12.0. The summed E-state index contributed by atoms with van der Waals surface area (Å²) in [6.07, 6.45) is 5.38. The van der Waals surface area contributed by atoms with Crippen LogP contribution in [0.3, 0.4) is 0 Å². The van der Waals surface area contributed by atoms with Crippen molar-refractivity contribution in [1.29, 1.82) is 0 Å². The highest BCUT2D eigenvalue weighted by molar-refractivity contribution is 5.73. The Morgan fingerprint density at radius 2 is 2.20 bits per heavy atom. The minimum Gasteiger partial charge on any atom is -0.339 e. The van der Waals surface area contributed by atoms with Crippen molar-refractivity contribution in [2.24, 2.45) is 0 Å². The molecule has 2 saturated heterocycles. The number of hydrogen-bond donors (Lipinski definition) is 2. The third kappa shape index (κ3) is 1.89. The lowest BCUT2D eigenvalue weighted by molar-refractivity contribution is 0.133. The standard InChI is InChI=1S/C13H18N6O/c20-12-10-7-14-17-11(10)15-13(16-12)19-6-5-18-4-2-1-3-9(18)8-19/h7,9H,1-6,8H2,(H2,14,15,16,17,20). The number of nitrogens with one attached hydrogen (secondary N) is 2. The van der Waals surface area contributed by atoms with Gasteiger partial charge in [-0.1, -0.05) is 6.42 Å². The average molecular weight is 274 g/mol. The molecule has 0 amide bonds. The summed E-state index contributed by atoms with van der Waals surface area (Å²) in [5.41, 5.74) is 0.444. The van der Waals surface area contributed by atoms with E-state index >= 15 is 0 Å². The number of aromatic amines is 2. The molecule has 4 heterocycles. The van der Waals surface area contributed by atoms with Crippen molar-refractivity contribution in [2.45, 2.75) is 25.3 Å². The predicted molar refractivity (Wildman–Crippen MR) is 75.9 cm³/mol. The number of hydrogen-bond acceptors (Lipinski definition) is 5. The van der Waals surface area contributed by atoms with E-state index in [1.165, 1.54) is 32.0 Å². The van der Waals surface area contributed by atoms with Crippen molar-refractivity contribution in [1.82, 2.24) is 25.1 Å². The SMILES string of the molecule is O=c1[nH]c(N2CCN3CCCCC3C2)nc2[nH]ncc12. The molecule has 2 aliphatic rings. The van der Waals surface area contributed by atoms with Gasteiger partial charge in [0.1, 0.15) is 5.39 Å². The lowest BCUT2D eigenvalue weighted by atomic mass is 10.00. The van der Waals surface area contributed by atoms with E-state index in [9.17, 15) is 4.79 Å². The molecule has 0 saturated carbocycles. The summed E-state index contributed by atoms with van der Waals surface area (Å²) in [4.78, 5) is 24.1. The molecule has 7 heteroatoms. The van der Waals surface area contributed by atoms with Gasteiger partial charge in [0.05, 0.1) is 6.20 Å². The van der Waals surface area contributed by atoms with E-state index in [1.807, 2.05) is 0 Å². The van der Waals surface area contributed by atoms with Crippen molar-refractivity contribution >= 4 is 17.0 Å². The Balaban J connectivity index is 1.64. The summed E-state index contributed by atoms with van der Waals surface area (Å²) in [5.74, 6) is 0.664. The summed E-state index contributed by atoms with van der Waals surface area (Å²) in [6, 6.07) is 0.597. The highest BCUT2D eigenvalue weighted by Gasteiger charge is 2.29. The molecule has 1 unspecified atom stereocenters. The van der Waals surface area contributed by atoms with Gasteiger partial charge in [-0.25, -0.2) is 0 Å². The fourth-order valence-electron chi connectivity index (χ4n) is 3.33. The Kier molecular flexibility index (Phi) is 2.73.